The second-order valence-electron chi connectivity index (χ2n) is 5.84. The van der Waals surface area contributed by atoms with Crippen molar-refractivity contribution in [3.05, 3.63) is 28.8 Å². The monoisotopic (exact) mass is 353 g/mol. The van der Waals surface area contributed by atoms with E-state index >= 15 is 0 Å². The highest BCUT2D eigenvalue weighted by Crippen LogP contribution is 2.19. The number of carbonyl (C=O) groups is 2. The van der Waals surface area contributed by atoms with Gasteiger partial charge in [-0.15, -0.1) is 0 Å². The molecule has 0 atom stereocenters. The fraction of sp³-hybridized carbons (Fsp3) is 0.529. The van der Waals surface area contributed by atoms with Gasteiger partial charge in [0.05, 0.1) is 13.2 Å². The number of piperidine rings is 1. The molecule has 1 saturated heterocycles. The molecule has 1 fully saturated rings. The van der Waals surface area contributed by atoms with Crippen LogP contribution in [0.15, 0.2) is 18.2 Å². The summed E-state index contributed by atoms with van der Waals surface area (Å²) >= 11 is 5.92. The molecule has 2 rings (SSSR count). The lowest BCUT2D eigenvalue weighted by atomic mass is 10.1. The van der Waals surface area contributed by atoms with Crippen molar-refractivity contribution in [2.45, 2.75) is 32.7 Å². The predicted octanol–water partition coefficient (Wildman–Crippen LogP) is 2.80. The topological polar surface area (TPSA) is 70.7 Å². The zero-order valence-electron chi connectivity index (χ0n) is 14.1. The van der Waals surface area contributed by atoms with Gasteiger partial charge in [-0.3, -0.25) is 4.79 Å². The van der Waals surface area contributed by atoms with Gasteiger partial charge in [0.1, 0.15) is 0 Å². The van der Waals surface area contributed by atoms with Crippen molar-refractivity contribution >= 4 is 29.3 Å². The Labute approximate surface area is 147 Å². The van der Waals surface area contributed by atoms with Gasteiger partial charge in [0.25, 0.3) is 0 Å². The number of hydrogen-bond acceptors (Lipinski definition) is 4. The summed E-state index contributed by atoms with van der Waals surface area (Å²) < 4.78 is 4.99. The zero-order chi connectivity index (χ0) is 17.5. The van der Waals surface area contributed by atoms with Crippen LogP contribution in [0.4, 0.5) is 10.5 Å². The minimum atomic E-state index is -0.276. The summed E-state index contributed by atoms with van der Waals surface area (Å²) in [6.07, 6.45) is 1.21. The molecule has 1 aromatic carbocycles. The first kappa shape index (κ1) is 18.4. The largest absolute Gasteiger partial charge is 0.450 e. The first-order chi connectivity index (χ1) is 11.5. The molecule has 1 aliphatic rings. The molecule has 0 aliphatic carbocycles. The normalized spacial score (nSPS) is 15.0. The molecule has 0 unspecified atom stereocenters. The number of hydrogen-bond donors (Lipinski definition) is 2. The number of nitrogens with zero attached hydrogens (tertiary/aromatic N) is 1. The van der Waals surface area contributed by atoms with Crippen LogP contribution < -0.4 is 10.6 Å². The Bertz CT molecular complexity index is 586. The molecule has 0 radical (unpaired) electrons. The van der Waals surface area contributed by atoms with E-state index in [-0.39, 0.29) is 24.6 Å². The molecule has 1 aliphatic heterocycles. The highest BCUT2D eigenvalue weighted by Gasteiger charge is 2.24. The Kier molecular flexibility index (Phi) is 6.73. The van der Waals surface area contributed by atoms with Crippen LogP contribution in [0.25, 0.3) is 0 Å². The molecule has 1 aromatic rings. The number of aryl methyl sites for hydroxylation is 1. The fourth-order valence-electron chi connectivity index (χ4n) is 2.70. The van der Waals surface area contributed by atoms with Gasteiger partial charge in [-0.05, 0) is 50.5 Å². The number of benzene rings is 1. The number of rotatable bonds is 5. The molecule has 0 aromatic heterocycles. The van der Waals surface area contributed by atoms with Crippen LogP contribution >= 0.6 is 11.6 Å². The maximum atomic E-state index is 12.1. The Hall–Kier alpha value is -1.95. The van der Waals surface area contributed by atoms with E-state index < -0.39 is 0 Å². The summed E-state index contributed by atoms with van der Waals surface area (Å²) in [5.74, 6) is -0.0565. The molecule has 2 amide bonds. The summed E-state index contributed by atoms with van der Waals surface area (Å²) in [4.78, 5) is 25.4. The van der Waals surface area contributed by atoms with Gasteiger partial charge >= 0.3 is 6.09 Å². The van der Waals surface area contributed by atoms with E-state index in [1.54, 1.807) is 17.9 Å². The minimum Gasteiger partial charge on any atom is -0.450 e. The number of halogens is 1. The molecule has 1 heterocycles. The van der Waals surface area contributed by atoms with Gasteiger partial charge in [0.2, 0.25) is 5.91 Å². The van der Waals surface area contributed by atoms with Crippen LogP contribution in [-0.4, -0.2) is 49.2 Å². The zero-order valence-corrected chi connectivity index (χ0v) is 14.9. The van der Waals surface area contributed by atoms with Gasteiger partial charge in [-0.2, -0.15) is 0 Å². The highest BCUT2D eigenvalue weighted by molar-refractivity contribution is 6.30. The van der Waals surface area contributed by atoms with E-state index in [1.165, 1.54) is 0 Å². The van der Waals surface area contributed by atoms with Crippen molar-refractivity contribution in [2.75, 3.05) is 31.6 Å². The summed E-state index contributed by atoms with van der Waals surface area (Å²) in [5.41, 5.74) is 1.89. The number of carbonyl (C=O) groups excluding carboxylic acids is 2. The van der Waals surface area contributed by atoms with Gasteiger partial charge < -0.3 is 20.3 Å². The number of amides is 2. The van der Waals surface area contributed by atoms with Crippen LogP contribution in [0.3, 0.4) is 0 Å². The molecule has 24 heavy (non-hydrogen) atoms. The fourth-order valence-corrected chi connectivity index (χ4v) is 2.93. The quantitative estimate of drug-likeness (QED) is 0.854. The third-order valence-electron chi connectivity index (χ3n) is 4.01. The second kappa shape index (κ2) is 8.78. The van der Waals surface area contributed by atoms with Gasteiger partial charge in [-0.1, -0.05) is 11.6 Å². The SMILES string of the molecule is CCOC(=O)N1CCC(NC(=O)CNc2ccc(Cl)cc2C)CC1. The molecule has 2 N–H and O–H groups in total. The Balaban J connectivity index is 1.73. The van der Waals surface area contributed by atoms with Gasteiger partial charge in [0.15, 0.2) is 0 Å². The Morgan fingerprint density at radius 1 is 1.33 bits per heavy atom. The molecular formula is C17H24ClN3O3. The highest BCUT2D eigenvalue weighted by atomic mass is 35.5. The maximum absolute atomic E-state index is 12.1. The molecule has 0 spiro atoms. The number of nitrogens with one attached hydrogen (secondary N) is 2. The van der Waals surface area contributed by atoms with E-state index in [9.17, 15) is 9.59 Å². The summed E-state index contributed by atoms with van der Waals surface area (Å²) in [6.45, 7) is 5.53. The first-order valence-corrected chi connectivity index (χ1v) is 8.58. The lowest BCUT2D eigenvalue weighted by Gasteiger charge is -2.31. The molecule has 0 bridgehead atoms. The number of ether oxygens (including phenoxy) is 1. The lowest BCUT2D eigenvalue weighted by Crippen LogP contribution is -2.47. The second-order valence-corrected chi connectivity index (χ2v) is 6.28. The van der Waals surface area contributed by atoms with Crippen LogP contribution in [0.2, 0.25) is 5.02 Å². The molecule has 0 saturated carbocycles. The van der Waals surface area contributed by atoms with Crippen molar-refractivity contribution in [3.8, 4) is 0 Å². The van der Waals surface area contributed by atoms with Crippen LogP contribution in [0.5, 0.6) is 0 Å². The van der Waals surface area contributed by atoms with Crippen molar-refractivity contribution in [3.63, 3.8) is 0 Å². The number of anilines is 1. The van der Waals surface area contributed by atoms with Crippen molar-refractivity contribution in [1.29, 1.82) is 0 Å². The van der Waals surface area contributed by atoms with E-state index in [4.69, 9.17) is 16.3 Å². The van der Waals surface area contributed by atoms with Crippen LogP contribution in [0.1, 0.15) is 25.3 Å². The molecule has 132 valence electrons. The lowest BCUT2D eigenvalue weighted by molar-refractivity contribution is -0.120. The van der Waals surface area contributed by atoms with Crippen molar-refractivity contribution in [1.82, 2.24) is 10.2 Å². The molecule has 6 nitrogen and oxygen atoms in total. The predicted molar refractivity (Wildman–Crippen MR) is 94.4 cm³/mol. The van der Waals surface area contributed by atoms with E-state index in [0.29, 0.717) is 24.7 Å². The van der Waals surface area contributed by atoms with E-state index in [2.05, 4.69) is 10.6 Å². The summed E-state index contributed by atoms with van der Waals surface area (Å²) in [5, 5.41) is 6.80. The molecule has 7 heteroatoms. The Morgan fingerprint density at radius 2 is 2.04 bits per heavy atom. The Morgan fingerprint density at radius 3 is 2.67 bits per heavy atom. The summed E-state index contributed by atoms with van der Waals surface area (Å²) in [7, 11) is 0. The standard InChI is InChI=1S/C17H24ClN3O3/c1-3-24-17(23)21-8-6-14(7-9-21)20-16(22)11-19-15-5-4-13(18)10-12(15)2/h4-5,10,14,19H,3,6-9,11H2,1-2H3,(H,20,22). The van der Waals surface area contributed by atoms with Gasteiger partial charge in [0, 0.05) is 29.8 Å². The average Bonchev–Trinajstić information content (AvgIpc) is 2.55. The number of likely N-dealkylation sites (tertiary alicyclic amines) is 1. The maximum Gasteiger partial charge on any atom is 0.409 e. The average molecular weight is 354 g/mol. The van der Waals surface area contributed by atoms with Gasteiger partial charge in [-0.25, -0.2) is 4.79 Å². The van der Waals surface area contributed by atoms with E-state index in [0.717, 1.165) is 24.1 Å². The van der Waals surface area contributed by atoms with Crippen molar-refractivity contribution < 1.29 is 14.3 Å². The third kappa shape index (κ3) is 5.30. The van der Waals surface area contributed by atoms with E-state index in [1.807, 2.05) is 19.1 Å². The van der Waals surface area contributed by atoms with Crippen LogP contribution in [-0.2, 0) is 9.53 Å². The molecular weight excluding hydrogens is 330 g/mol. The minimum absolute atomic E-state index is 0.0565. The smallest absolute Gasteiger partial charge is 0.409 e. The van der Waals surface area contributed by atoms with Crippen LogP contribution in [0, 0.1) is 6.92 Å². The first-order valence-electron chi connectivity index (χ1n) is 8.20. The third-order valence-corrected chi connectivity index (χ3v) is 4.25. The summed E-state index contributed by atoms with van der Waals surface area (Å²) in [6, 6.07) is 5.60. The van der Waals surface area contributed by atoms with Crippen molar-refractivity contribution in [2.24, 2.45) is 0 Å².